The molecule has 0 radical (unpaired) electrons. The molecular weight excluding hydrogens is 271 g/mol. The van der Waals surface area contributed by atoms with Crippen molar-refractivity contribution in [2.75, 3.05) is 6.54 Å². The highest BCUT2D eigenvalue weighted by molar-refractivity contribution is 5.80. The summed E-state index contributed by atoms with van der Waals surface area (Å²) in [7, 11) is 0. The van der Waals surface area contributed by atoms with E-state index in [1.165, 1.54) is 24.3 Å². The van der Waals surface area contributed by atoms with Crippen LogP contribution in [0.25, 0.3) is 0 Å². The summed E-state index contributed by atoms with van der Waals surface area (Å²) in [5, 5.41) is 12.4. The Labute approximate surface area is 115 Å². The number of rotatable bonds is 5. The van der Waals surface area contributed by atoms with Crippen LogP contribution in [-0.2, 0) is 10.4 Å². The molecule has 1 aromatic carbocycles. The molecule has 1 rings (SSSR count). The fourth-order valence-electron chi connectivity index (χ4n) is 1.87. The molecule has 0 aliphatic rings. The van der Waals surface area contributed by atoms with Gasteiger partial charge in [-0.3, -0.25) is 4.79 Å². The number of halogens is 3. The first-order chi connectivity index (χ1) is 9.25. The average Bonchev–Trinajstić information content (AvgIpc) is 2.42. The molecule has 0 fully saturated rings. The van der Waals surface area contributed by atoms with Crippen molar-refractivity contribution < 1.29 is 23.1 Å². The molecule has 0 aliphatic heterocycles. The van der Waals surface area contributed by atoms with Gasteiger partial charge in [0.1, 0.15) is 0 Å². The third kappa shape index (κ3) is 3.01. The van der Waals surface area contributed by atoms with Crippen LogP contribution in [0.4, 0.5) is 13.2 Å². The van der Waals surface area contributed by atoms with Crippen molar-refractivity contribution in [1.82, 2.24) is 5.32 Å². The minimum Gasteiger partial charge on any atom is -0.376 e. The van der Waals surface area contributed by atoms with Crippen LogP contribution in [0.1, 0.15) is 12.5 Å². The lowest BCUT2D eigenvalue weighted by Crippen LogP contribution is -2.52. The van der Waals surface area contributed by atoms with Crippen molar-refractivity contribution in [2.24, 2.45) is 5.92 Å². The average molecular weight is 287 g/mol. The number of aliphatic hydroxyl groups is 1. The van der Waals surface area contributed by atoms with Gasteiger partial charge in [0.15, 0.2) is 5.60 Å². The number of nitrogens with one attached hydrogen (secondary N) is 1. The van der Waals surface area contributed by atoms with Gasteiger partial charge in [-0.05, 0) is 5.56 Å². The highest BCUT2D eigenvalue weighted by Crippen LogP contribution is 2.44. The van der Waals surface area contributed by atoms with E-state index in [-0.39, 0.29) is 12.1 Å². The predicted octanol–water partition coefficient (Wildman–Crippen LogP) is 2.37. The molecule has 2 N–H and O–H groups in total. The summed E-state index contributed by atoms with van der Waals surface area (Å²) in [5.74, 6) is -2.58. The molecule has 0 saturated heterocycles. The molecular formula is C14H16F3NO2. The van der Waals surface area contributed by atoms with Gasteiger partial charge in [0.2, 0.25) is 5.91 Å². The zero-order chi connectivity index (χ0) is 15.4. The Kier molecular flexibility index (Phi) is 4.94. The first-order valence-corrected chi connectivity index (χ1v) is 5.98. The Morgan fingerprint density at radius 2 is 1.95 bits per heavy atom. The zero-order valence-electron chi connectivity index (χ0n) is 10.9. The van der Waals surface area contributed by atoms with Gasteiger partial charge in [0, 0.05) is 6.54 Å². The van der Waals surface area contributed by atoms with Crippen molar-refractivity contribution in [3.63, 3.8) is 0 Å². The van der Waals surface area contributed by atoms with E-state index < -0.39 is 23.6 Å². The van der Waals surface area contributed by atoms with Crippen molar-refractivity contribution in [3.05, 3.63) is 48.6 Å². The van der Waals surface area contributed by atoms with Gasteiger partial charge in [-0.1, -0.05) is 43.3 Å². The lowest BCUT2D eigenvalue weighted by molar-refractivity contribution is -0.281. The summed E-state index contributed by atoms with van der Waals surface area (Å²) in [5.41, 5.74) is -3.60. The van der Waals surface area contributed by atoms with Gasteiger partial charge in [-0.15, -0.1) is 6.58 Å². The van der Waals surface area contributed by atoms with Crippen molar-refractivity contribution >= 4 is 5.91 Å². The molecule has 0 bridgehead atoms. The Morgan fingerprint density at radius 3 is 2.40 bits per heavy atom. The van der Waals surface area contributed by atoms with E-state index in [0.29, 0.717) is 0 Å². The van der Waals surface area contributed by atoms with Crippen LogP contribution in [0.15, 0.2) is 43.0 Å². The van der Waals surface area contributed by atoms with Gasteiger partial charge in [-0.25, -0.2) is 0 Å². The van der Waals surface area contributed by atoms with Gasteiger partial charge in [0.25, 0.3) is 0 Å². The Balaban J connectivity index is 3.20. The van der Waals surface area contributed by atoms with E-state index in [9.17, 15) is 23.1 Å². The quantitative estimate of drug-likeness (QED) is 0.817. The minimum atomic E-state index is -4.97. The van der Waals surface area contributed by atoms with E-state index in [1.807, 2.05) is 0 Å². The van der Waals surface area contributed by atoms with E-state index in [2.05, 4.69) is 11.9 Å². The van der Waals surface area contributed by atoms with E-state index >= 15 is 0 Å². The van der Waals surface area contributed by atoms with E-state index in [0.717, 1.165) is 19.1 Å². The zero-order valence-corrected chi connectivity index (χ0v) is 10.9. The second-order valence-electron chi connectivity index (χ2n) is 4.39. The number of carbonyl (C=O) groups excluding carboxylic acids is 1. The fraction of sp³-hybridized carbons (Fsp3) is 0.357. The molecule has 20 heavy (non-hydrogen) atoms. The highest BCUT2D eigenvalue weighted by atomic mass is 19.4. The summed E-state index contributed by atoms with van der Waals surface area (Å²) in [4.78, 5) is 11.7. The SMILES string of the molecule is C=CCNC(=O)[C@@H](C)[C@](O)(c1ccccc1)C(F)(F)F. The lowest BCUT2D eigenvalue weighted by atomic mass is 9.81. The smallest absolute Gasteiger partial charge is 0.376 e. The maximum absolute atomic E-state index is 13.3. The molecule has 0 unspecified atom stereocenters. The predicted molar refractivity (Wildman–Crippen MR) is 68.8 cm³/mol. The van der Waals surface area contributed by atoms with Crippen LogP contribution < -0.4 is 5.32 Å². The molecule has 0 heterocycles. The maximum atomic E-state index is 13.3. The van der Waals surface area contributed by atoms with Crippen LogP contribution in [0.3, 0.4) is 0 Å². The number of carbonyl (C=O) groups is 1. The topological polar surface area (TPSA) is 49.3 Å². The molecule has 1 aromatic rings. The second kappa shape index (κ2) is 6.09. The maximum Gasteiger partial charge on any atom is 0.422 e. The summed E-state index contributed by atoms with van der Waals surface area (Å²) in [6.45, 7) is 4.44. The molecule has 1 amide bonds. The van der Waals surface area contributed by atoms with Gasteiger partial charge < -0.3 is 10.4 Å². The van der Waals surface area contributed by atoms with Crippen molar-refractivity contribution in [1.29, 1.82) is 0 Å². The van der Waals surface area contributed by atoms with Gasteiger partial charge in [-0.2, -0.15) is 13.2 Å². The van der Waals surface area contributed by atoms with Crippen LogP contribution in [0.2, 0.25) is 0 Å². The van der Waals surface area contributed by atoms with Crippen LogP contribution in [0, 0.1) is 5.92 Å². The van der Waals surface area contributed by atoms with Crippen molar-refractivity contribution in [3.8, 4) is 0 Å². The van der Waals surface area contributed by atoms with Crippen LogP contribution >= 0.6 is 0 Å². The number of benzene rings is 1. The fourth-order valence-corrected chi connectivity index (χ4v) is 1.87. The molecule has 6 heteroatoms. The van der Waals surface area contributed by atoms with Crippen LogP contribution in [-0.4, -0.2) is 23.7 Å². The highest BCUT2D eigenvalue weighted by Gasteiger charge is 2.60. The van der Waals surface area contributed by atoms with Gasteiger partial charge in [0.05, 0.1) is 5.92 Å². The van der Waals surface area contributed by atoms with E-state index in [4.69, 9.17) is 0 Å². The summed E-state index contributed by atoms with van der Waals surface area (Å²) in [6.07, 6.45) is -3.63. The van der Waals surface area contributed by atoms with Gasteiger partial charge >= 0.3 is 6.18 Å². The van der Waals surface area contributed by atoms with Crippen molar-refractivity contribution in [2.45, 2.75) is 18.7 Å². The van der Waals surface area contributed by atoms with E-state index in [1.54, 1.807) is 0 Å². The first kappa shape index (κ1) is 16.2. The monoisotopic (exact) mass is 287 g/mol. The normalized spacial score (nSPS) is 16.1. The second-order valence-corrected chi connectivity index (χ2v) is 4.39. The summed E-state index contributed by atoms with van der Waals surface area (Å²) in [6, 6.07) is 6.57. The summed E-state index contributed by atoms with van der Waals surface area (Å²) < 4.78 is 39.8. The minimum absolute atomic E-state index is 0.0336. The number of alkyl halides is 3. The third-order valence-corrected chi connectivity index (χ3v) is 3.09. The molecule has 0 aliphatic carbocycles. The first-order valence-electron chi connectivity index (χ1n) is 5.98. The summed E-state index contributed by atoms with van der Waals surface area (Å²) >= 11 is 0. The Hall–Kier alpha value is -1.82. The lowest BCUT2D eigenvalue weighted by Gasteiger charge is -2.35. The molecule has 3 nitrogen and oxygen atoms in total. The molecule has 0 saturated carbocycles. The molecule has 0 spiro atoms. The standard InChI is InChI=1S/C14H16F3NO2/c1-3-9-18-12(19)10(2)13(20,14(15,16)17)11-7-5-4-6-8-11/h3-8,10,20H,1,9H2,2H3,(H,18,19)/t10-,13+/m1/s1. The molecule has 0 aromatic heterocycles. The van der Waals surface area contributed by atoms with Crippen LogP contribution in [0.5, 0.6) is 0 Å². The largest absolute Gasteiger partial charge is 0.422 e. The third-order valence-electron chi connectivity index (χ3n) is 3.09. The molecule has 2 atom stereocenters. The number of hydrogen-bond donors (Lipinski definition) is 2. The number of hydrogen-bond acceptors (Lipinski definition) is 2. The molecule has 110 valence electrons. The Bertz CT molecular complexity index is 473. The Morgan fingerprint density at radius 1 is 1.40 bits per heavy atom. The number of amides is 1.